The summed E-state index contributed by atoms with van der Waals surface area (Å²) in [4.78, 5) is 2.37. The van der Waals surface area contributed by atoms with Gasteiger partial charge in [-0.3, -0.25) is 0 Å². The van der Waals surface area contributed by atoms with Gasteiger partial charge in [-0.15, -0.1) is 0 Å². The van der Waals surface area contributed by atoms with E-state index in [-0.39, 0.29) is 5.41 Å². The lowest BCUT2D eigenvalue weighted by Crippen LogP contribution is -2.21. The van der Waals surface area contributed by atoms with Crippen LogP contribution in [0.25, 0.3) is 0 Å². The molecule has 0 saturated heterocycles. The smallest absolute Gasteiger partial charge is 0.0393 e. The second-order valence-corrected chi connectivity index (χ2v) is 6.48. The Morgan fingerprint density at radius 1 is 1.16 bits per heavy atom. The Bertz CT molecular complexity index is 391. The van der Waals surface area contributed by atoms with Gasteiger partial charge in [-0.25, -0.2) is 0 Å². The first kappa shape index (κ1) is 16.0. The summed E-state index contributed by atoms with van der Waals surface area (Å²) in [5.41, 5.74) is 4.38. The summed E-state index contributed by atoms with van der Waals surface area (Å²) in [6.07, 6.45) is 2.47. The summed E-state index contributed by atoms with van der Waals surface area (Å²) in [6, 6.07) is 6.87. The molecule has 0 saturated carbocycles. The second kappa shape index (κ2) is 6.95. The van der Waals surface area contributed by atoms with E-state index < -0.39 is 0 Å². The molecular formula is C17H30N2. The third-order valence-corrected chi connectivity index (χ3v) is 3.64. The summed E-state index contributed by atoms with van der Waals surface area (Å²) in [6.45, 7) is 11.2. The van der Waals surface area contributed by atoms with Gasteiger partial charge in [-0.1, -0.05) is 32.9 Å². The van der Waals surface area contributed by atoms with Crippen LogP contribution in [0.4, 0.5) is 5.69 Å². The van der Waals surface area contributed by atoms with Gasteiger partial charge in [0, 0.05) is 19.3 Å². The van der Waals surface area contributed by atoms with Crippen molar-refractivity contribution in [2.75, 3.05) is 32.1 Å². The highest BCUT2D eigenvalue weighted by molar-refractivity contribution is 5.54. The molecule has 0 bridgehead atoms. The van der Waals surface area contributed by atoms with Crippen LogP contribution in [0, 0.1) is 6.92 Å². The summed E-state index contributed by atoms with van der Waals surface area (Å²) < 4.78 is 0. The molecule has 1 rings (SSSR count). The molecule has 19 heavy (non-hydrogen) atoms. The summed E-state index contributed by atoms with van der Waals surface area (Å²) in [7, 11) is 4.21. The molecule has 1 aromatic carbocycles. The number of rotatable bonds is 6. The third-order valence-electron chi connectivity index (χ3n) is 3.64. The Kier molecular flexibility index (Phi) is 5.86. The molecule has 0 unspecified atom stereocenters. The lowest BCUT2D eigenvalue weighted by atomic mass is 9.86. The highest BCUT2D eigenvalue weighted by Crippen LogP contribution is 2.27. The minimum Gasteiger partial charge on any atom is -0.374 e. The van der Waals surface area contributed by atoms with Gasteiger partial charge in [0.05, 0.1) is 0 Å². The van der Waals surface area contributed by atoms with Gasteiger partial charge in [0.1, 0.15) is 0 Å². The van der Waals surface area contributed by atoms with Crippen LogP contribution in [0.3, 0.4) is 0 Å². The standard InChI is InChI=1S/C17H30N2/c1-14-13-15(17(2,3)4)9-10-16(14)19(6)12-8-7-11-18-5/h9-10,13,18H,7-8,11-12H2,1-6H3. The van der Waals surface area contributed by atoms with Crippen LogP contribution in [-0.2, 0) is 5.41 Å². The van der Waals surface area contributed by atoms with Crippen molar-refractivity contribution in [2.45, 2.75) is 46.0 Å². The normalized spacial score (nSPS) is 11.7. The Labute approximate surface area is 119 Å². The number of hydrogen-bond donors (Lipinski definition) is 1. The molecule has 2 nitrogen and oxygen atoms in total. The van der Waals surface area contributed by atoms with Crippen molar-refractivity contribution in [1.82, 2.24) is 5.32 Å². The monoisotopic (exact) mass is 262 g/mol. The van der Waals surface area contributed by atoms with Crippen molar-refractivity contribution < 1.29 is 0 Å². The highest BCUT2D eigenvalue weighted by atomic mass is 15.1. The molecule has 0 aliphatic heterocycles. The van der Waals surface area contributed by atoms with Gasteiger partial charge < -0.3 is 10.2 Å². The average Bonchev–Trinajstić information content (AvgIpc) is 2.33. The molecule has 108 valence electrons. The zero-order chi connectivity index (χ0) is 14.5. The lowest BCUT2D eigenvalue weighted by Gasteiger charge is -2.25. The maximum absolute atomic E-state index is 3.20. The molecule has 0 fully saturated rings. The first-order chi connectivity index (χ1) is 8.86. The summed E-state index contributed by atoms with van der Waals surface area (Å²) >= 11 is 0. The van der Waals surface area contributed by atoms with Crippen LogP contribution in [0.15, 0.2) is 18.2 Å². The average molecular weight is 262 g/mol. The number of benzene rings is 1. The van der Waals surface area contributed by atoms with Gasteiger partial charge in [0.25, 0.3) is 0 Å². The van der Waals surface area contributed by atoms with E-state index in [0.717, 1.165) is 13.1 Å². The third kappa shape index (κ3) is 4.87. The van der Waals surface area contributed by atoms with Crippen molar-refractivity contribution in [3.63, 3.8) is 0 Å². The van der Waals surface area contributed by atoms with Gasteiger partial charge >= 0.3 is 0 Å². The summed E-state index contributed by atoms with van der Waals surface area (Å²) in [5, 5.41) is 3.20. The maximum atomic E-state index is 3.20. The number of nitrogens with one attached hydrogen (secondary N) is 1. The minimum absolute atomic E-state index is 0.231. The van der Waals surface area contributed by atoms with E-state index in [1.807, 2.05) is 7.05 Å². The van der Waals surface area contributed by atoms with E-state index in [0.29, 0.717) is 0 Å². The first-order valence-corrected chi connectivity index (χ1v) is 7.33. The Morgan fingerprint density at radius 2 is 1.84 bits per heavy atom. The van der Waals surface area contributed by atoms with Gasteiger partial charge in [-0.05, 0) is 56.0 Å². The fourth-order valence-electron chi connectivity index (χ4n) is 2.32. The molecule has 0 radical (unpaired) electrons. The van der Waals surface area contributed by atoms with E-state index in [2.05, 4.69) is 63.2 Å². The molecule has 2 heteroatoms. The van der Waals surface area contributed by atoms with E-state index in [1.165, 1.54) is 29.7 Å². The zero-order valence-electron chi connectivity index (χ0n) is 13.5. The Morgan fingerprint density at radius 3 is 2.37 bits per heavy atom. The first-order valence-electron chi connectivity index (χ1n) is 7.33. The molecular weight excluding hydrogens is 232 g/mol. The van der Waals surface area contributed by atoms with E-state index >= 15 is 0 Å². The molecule has 0 aliphatic carbocycles. The second-order valence-electron chi connectivity index (χ2n) is 6.48. The molecule has 1 N–H and O–H groups in total. The largest absolute Gasteiger partial charge is 0.374 e. The summed E-state index contributed by atoms with van der Waals surface area (Å²) in [5.74, 6) is 0. The number of aryl methyl sites for hydroxylation is 1. The van der Waals surface area contributed by atoms with Crippen molar-refractivity contribution in [3.8, 4) is 0 Å². The van der Waals surface area contributed by atoms with Crippen LogP contribution < -0.4 is 10.2 Å². The van der Waals surface area contributed by atoms with E-state index in [4.69, 9.17) is 0 Å². The fraction of sp³-hybridized carbons (Fsp3) is 0.647. The van der Waals surface area contributed by atoms with Crippen LogP contribution in [0.5, 0.6) is 0 Å². The molecule has 1 aromatic rings. The highest BCUT2D eigenvalue weighted by Gasteiger charge is 2.15. The number of unbranched alkanes of at least 4 members (excludes halogenated alkanes) is 1. The van der Waals surface area contributed by atoms with Crippen molar-refractivity contribution >= 4 is 5.69 Å². The zero-order valence-corrected chi connectivity index (χ0v) is 13.5. The predicted octanol–water partition coefficient (Wildman–Crippen LogP) is 3.73. The van der Waals surface area contributed by atoms with Gasteiger partial charge in [-0.2, -0.15) is 0 Å². The topological polar surface area (TPSA) is 15.3 Å². The van der Waals surface area contributed by atoms with Crippen molar-refractivity contribution in [2.24, 2.45) is 0 Å². The molecule has 0 aliphatic rings. The quantitative estimate of drug-likeness (QED) is 0.786. The minimum atomic E-state index is 0.231. The molecule has 0 spiro atoms. The molecule has 0 heterocycles. The fourth-order valence-corrected chi connectivity index (χ4v) is 2.32. The van der Waals surface area contributed by atoms with Gasteiger partial charge in [0.15, 0.2) is 0 Å². The van der Waals surface area contributed by atoms with Crippen LogP contribution in [0.2, 0.25) is 0 Å². The van der Waals surface area contributed by atoms with E-state index in [1.54, 1.807) is 0 Å². The van der Waals surface area contributed by atoms with Crippen molar-refractivity contribution in [1.29, 1.82) is 0 Å². The van der Waals surface area contributed by atoms with Gasteiger partial charge in [0.2, 0.25) is 0 Å². The molecule has 0 amide bonds. The maximum Gasteiger partial charge on any atom is 0.0393 e. The lowest BCUT2D eigenvalue weighted by molar-refractivity contribution is 0.589. The predicted molar refractivity (Wildman–Crippen MR) is 86.3 cm³/mol. The van der Waals surface area contributed by atoms with Crippen LogP contribution >= 0.6 is 0 Å². The van der Waals surface area contributed by atoms with Crippen LogP contribution in [0.1, 0.15) is 44.7 Å². The SMILES string of the molecule is CNCCCCN(C)c1ccc(C(C)(C)C)cc1C. The number of anilines is 1. The number of nitrogens with zero attached hydrogens (tertiary/aromatic N) is 1. The van der Waals surface area contributed by atoms with Crippen LogP contribution in [-0.4, -0.2) is 27.2 Å². The molecule has 0 atom stereocenters. The molecule has 0 aromatic heterocycles. The Hall–Kier alpha value is -1.02. The number of hydrogen-bond acceptors (Lipinski definition) is 2. The Balaban J connectivity index is 2.68. The van der Waals surface area contributed by atoms with E-state index in [9.17, 15) is 0 Å². The van der Waals surface area contributed by atoms with Crippen molar-refractivity contribution in [3.05, 3.63) is 29.3 Å².